The Bertz CT molecular complexity index is 893. The third-order valence-corrected chi connectivity index (χ3v) is 4.44. The summed E-state index contributed by atoms with van der Waals surface area (Å²) in [6.07, 6.45) is -0.0475. The van der Waals surface area contributed by atoms with Crippen LogP contribution in [0.15, 0.2) is 71.7 Å². The van der Waals surface area contributed by atoms with E-state index < -0.39 is 23.6 Å². The molecule has 0 atom stereocenters. The molecule has 2 N–H and O–H groups in total. The lowest BCUT2D eigenvalue weighted by Gasteiger charge is -2.13. The van der Waals surface area contributed by atoms with E-state index in [9.17, 15) is 27.9 Å². The number of amides is 1. The van der Waals surface area contributed by atoms with E-state index in [1.807, 2.05) is 30.3 Å². The molecule has 0 aliphatic heterocycles. The Hall–Kier alpha value is -3.00. The number of hydrogen-bond acceptors (Lipinski definition) is 3. The number of aliphatic carboxylic acids is 1. The van der Waals surface area contributed by atoms with Crippen molar-refractivity contribution in [2.45, 2.75) is 6.18 Å². The average molecular weight is 407 g/mol. The minimum atomic E-state index is -4.61. The van der Waals surface area contributed by atoms with Crippen LogP contribution in [-0.2, 0) is 15.8 Å². The molecule has 2 aromatic carbocycles. The summed E-state index contributed by atoms with van der Waals surface area (Å²) in [4.78, 5) is 23.2. The topological polar surface area (TPSA) is 66.4 Å². The number of carbonyl (C=O) groups excluding carboxylic acids is 1. The predicted octanol–water partition coefficient (Wildman–Crippen LogP) is 5.06. The van der Waals surface area contributed by atoms with E-state index >= 15 is 0 Å². The van der Waals surface area contributed by atoms with Gasteiger partial charge in [-0.25, -0.2) is 4.79 Å². The van der Waals surface area contributed by atoms with Gasteiger partial charge in [-0.3, -0.25) is 4.79 Å². The van der Waals surface area contributed by atoms with Crippen molar-refractivity contribution >= 4 is 35.4 Å². The van der Waals surface area contributed by atoms with Crippen LogP contribution in [0.2, 0.25) is 0 Å². The first kappa shape index (κ1) is 21.3. The summed E-state index contributed by atoms with van der Waals surface area (Å²) in [6.45, 7) is 0. The van der Waals surface area contributed by atoms with Crippen molar-refractivity contribution in [1.29, 1.82) is 0 Å². The zero-order chi connectivity index (χ0) is 20.6. The van der Waals surface area contributed by atoms with Gasteiger partial charge in [0.15, 0.2) is 0 Å². The zero-order valence-electron chi connectivity index (χ0n) is 14.4. The van der Waals surface area contributed by atoms with Crippen LogP contribution in [-0.4, -0.2) is 22.7 Å². The lowest BCUT2D eigenvalue weighted by atomic mass is 10.1. The number of para-hydroxylation sites is 1. The van der Waals surface area contributed by atoms with Gasteiger partial charge in [-0.2, -0.15) is 13.2 Å². The quantitative estimate of drug-likeness (QED) is 0.497. The highest BCUT2D eigenvalue weighted by Crippen LogP contribution is 2.34. The van der Waals surface area contributed by atoms with E-state index in [-0.39, 0.29) is 16.3 Å². The Morgan fingerprint density at radius 1 is 1.04 bits per heavy atom. The van der Waals surface area contributed by atoms with E-state index in [0.717, 1.165) is 29.5 Å². The molecule has 4 nitrogen and oxygen atoms in total. The van der Waals surface area contributed by atoms with E-state index in [4.69, 9.17) is 0 Å². The number of carboxylic acids is 1. The minimum Gasteiger partial charge on any atom is -0.477 e. The number of halogens is 3. The molecule has 0 spiro atoms. The fraction of sp³-hybridized carbons (Fsp3) is 0.100. The number of nitrogens with one attached hydrogen (secondary N) is 1. The molecule has 0 aromatic heterocycles. The Balaban J connectivity index is 2.01. The van der Waals surface area contributed by atoms with Crippen LogP contribution in [0, 0.1) is 0 Å². The Labute approximate surface area is 163 Å². The summed E-state index contributed by atoms with van der Waals surface area (Å²) >= 11 is 0.723. The van der Waals surface area contributed by atoms with Crippen molar-refractivity contribution in [3.05, 3.63) is 82.8 Å². The molecule has 2 aromatic rings. The number of alkyl halides is 3. The summed E-state index contributed by atoms with van der Waals surface area (Å²) in [5.74, 6) is -2.31. The number of anilines is 1. The van der Waals surface area contributed by atoms with Gasteiger partial charge in [-0.15, -0.1) is 11.8 Å². The van der Waals surface area contributed by atoms with E-state index in [0.29, 0.717) is 0 Å². The maximum atomic E-state index is 12.9. The largest absolute Gasteiger partial charge is 0.477 e. The molecule has 28 heavy (non-hydrogen) atoms. The van der Waals surface area contributed by atoms with Gasteiger partial charge in [-0.05, 0) is 23.8 Å². The Morgan fingerprint density at radius 3 is 2.32 bits per heavy atom. The molecule has 8 heteroatoms. The standard InChI is InChI=1S/C20H16F3NO3S/c21-20(22,23)15-10-4-5-11-16(15)24-18(25)13-28-17(19(26)27)12-6-9-14-7-2-1-3-8-14/h1-12H,13H2,(H,24,25)(H,26,27)/b9-6+,17-12+. The normalized spacial score (nSPS) is 12.2. The number of allylic oxidation sites excluding steroid dienone is 2. The van der Waals surface area contributed by atoms with Crippen molar-refractivity contribution in [3.8, 4) is 0 Å². The molecule has 0 fully saturated rings. The molecule has 0 heterocycles. The van der Waals surface area contributed by atoms with Crippen LogP contribution in [0.5, 0.6) is 0 Å². The van der Waals surface area contributed by atoms with Crippen LogP contribution < -0.4 is 5.32 Å². The fourth-order valence-electron chi connectivity index (χ4n) is 2.16. The number of carboxylic acid groups (broad SMARTS) is 1. The van der Waals surface area contributed by atoms with Crippen LogP contribution in [0.25, 0.3) is 6.08 Å². The number of thioether (sulfide) groups is 1. The molecule has 0 saturated carbocycles. The molecular formula is C20H16F3NO3S. The molecule has 0 aliphatic carbocycles. The maximum absolute atomic E-state index is 12.9. The van der Waals surface area contributed by atoms with Gasteiger partial charge < -0.3 is 10.4 Å². The van der Waals surface area contributed by atoms with Gasteiger partial charge in [0.05, 0.1) is 21.9 Å². The second-order valence-corrected chi connectivity index (χ2v) is 6.50. The maximum Gasteiger partial charge on any atom is 0.418 e. The SMILES string of the molecule is O=C(CS/C(=C/C=C/c1ccccc1)C(=O)O)Nc1ccccc1C(F)(F)F. The van der Waals surface area contributed by atoms with Crippen molar-refractivity contribution in [3.63, 3.8) is 0 Å². The molecule has 0 radical (unpaired) electrons. The summed E-state index contributed by atoms with van der Waals surface area (Å²) in [5.41, 5.74) is -0.464. The van der Waals surface area contributed by atoms with E-state index in [2.05, 4.69) is 5.32 Å². The molecule has 0 aliphatic rings. The summed E-state index contributed by atoms with van der Waals surface area (Å²) in [5, 5.41) is 11.4. The summed E-state index contributed by atoms with van der Waals surface area (Å²) < 4.78 is 38.8. The van der Waals surface area contributed by atoms with E-state index in [1.54, 1.807) is 6.08 Å². The van der Waals surface area contributed by atoms with Crippen LogP contribution in [0.3, 0.4) is 0 Å². The molecule has 0 bridgehead atoms. The van der Waals surface area contributed by atoms with Gasteiger partial charge in [0.1, 0.15) is 0 Å². The zero-order valence-corrected chi connectivity index (χ0v) is 15.3. The first-order valence-electron chi connectivity index (χ1n) is 8.03. The Morgan fingerprint density at radius 2 is 1.68 bits per heavy atom. The first-order valence-corrected chi connectivity index (χ1v) is 9.01. The molecule has 146 valence electrons. The van der Waals surface area contributed by atoms with Crippen molar-refractivity contribution in [1.82, 2.24) is 0 Å². The third kappa shape index (κ3) is 6.62. The van der Waals surface area contributed by atoms with Crippen LogP contribution >= 0.6 is 11.8 Å². The highest BCUT2D eigenvalue weighted by atomic mass is 32.2. The van der Waals surface area contributed by atoms with Gasteiger partial charge in [0.2, 0.25) is 5.91 Å². The lowest BCUT2D eigenvalue weighted by molar-refractivity contribution is -0.137. The van der Waals surface area contributed by atoms with Crippen molar-refractivity contribution < 1.29 is 27.9 Å². The molecule has 2 rings (SSSR count). The molecule has 0 unspecified atom stereocenters. The van der Waals surface area contributed by atoms with Crippen LogP contribution in [0.1, 0.15) is 11.1 Å². The highest BCUT2D eigenvalue weighted by molar-refractivity contribution is 8.04. The van der Waals surface area contributed by atoms with Crippen molar-refractivity contribution in [2.24, 2.45) is 0 Å². The lowest BCUT2D eigenvalue weighted by Crippen LogP contribution is -2.18. The van der Waals surface area contributed by atoms with Gasteiger partial charge in [0, 0.05) is 0 Å². The second kappa shape index (κ2) is 9.80. The molecule has 1 amide bonds. The van der Waals surface area contributed by atoms with Gasteiger partial charge in [-0.1, -0.05) is 54.6 Å². The van der Waals surface area contributed by atoms with Crippen LogP contribution in [0.4, 0.5) is 18.9 Å². The fourth-order valence-corrected chi connectivity index (χ4v) is 2.82. The number of benzene rings is 2. The second-order valence-electron chi connectivity index (χ2n) is 5.49. The smallest absolute Gasteiger partial charge is 0.418 e. The number of rotatable bonds is 7. The van der Waals surface area contributed by atoms with Gasteiger partial charge in [0.25, 0.3) is 0 Å². The minimum absolute atomic E-state index is 0.105. The average Bonchev–Trinajstić information content (AvgIpc) is 2.64. The monoisotopic (exact) mass is 407 g/mol. The summed E-state index contributed by atoms with van der Waals surface area (Å²) in [7, 11) is 0. The number of hydrogen-bond donors (Lipinski definition) is 2. The molecule has 0 saturated heterocycles. The third-order valence-electron chi connectivity index (χ3n) is 3.41. The molecular weight excluding hydrogens is 391 g/mol. The first-order chi connectivity index (χ1) is 13.3. The summed E-state index contributed by atoms with van der Waals surface area (Å²) in [6, 6.07) is 13.8. The van der Waals surface area contributed by atoms with E-state index in [1.165, 1.54) is 24.3 Å². The Kier molecular flexibility index (Phi) is 7.45. The van der Waals surface area contributed by atoms with Gasteiger partial charge >= 0.3 is 12.1 Å². The van der Waals surface area contributed by atoms with Crippen molar-refractivity contribution in [2.75, 3.05) is 11.1 Å². The number of carbonyl (C=O) groups is 2. The highest BCUT2D eigenvalue weighted by Gasteiger charge is 2.33. The predicted molar refractivity (Wildman–Crippen MR) is 104 cm³/mol.